The summed E-state index contributed by atoms with van der Waals surface area (Å²) < 4.78 is 3.38. The van der Waals surface area contributed by atoms with Gasteiger partial charge in [0, 0.05) is 0 Å². The van der Waals surface area contributed by atoms with Crippen LogP contribution in [0.4, 0.5) is 0 Å². The van der Waals surface area contributed by atoms with Crippen molar-refractivity contribution in [3.05, 3.63) is 102 Å². The van der Waals surface area contributed by atoms with E-state index in [1.807, 2.05) is 0 Å². The maximum absolute atomic E-state index is 2.44. The summed E-state index contributed by atoms with van der Waals surface area (Å²) in [5.41, 5.74) is 8.96. The first-order valence-corrected chi connectivity index (χ1v) is 11.4. The number of rotatable bonds is 4. The van der Waals surface area contributed by atoms with Gasteiger partial charge in [0.15, 0.2) is 0 Å². The van der Waals surface area contributed by atoms with Crippen LogP contribution in [0.2, 0.25) is 0 Å². The van der Waals surface area contributed by atoms with E-state index < -0.39 is 23.2 Å². The molecule has 2 aromatic rings. The molecule has 0 heterocycles. The summed E-state index contributed by atoms with van der Waals surface area (Å²) in [7, 11) is 0. The van der Waals surface area contributed by atoms with E-state index in [4.69, 9.17) is 0 Å². The summed E-state index contributed by atoms with van der Waals surface area (Å²) >= 11 is -0.834. The van der Waals surface area contributed by atoms with E-state index in [1.54, 1.807) is 17.7 Å². The Morgan fingerprint density at radius 2 is 0.963 bits per heavy atom. The van der Waals surface area contributed by atoms with Gasteiger partial charge in [-0.2, -0.15) is 0 Å². The first kappa shape index (κ1) is 22.2. The topological polar surface area (TPSA) is 0 Å². The van der Waals surface area contributed by atoms with E-state index >= 15 is 0 Å². The predicted molar refractivity (Wildman–Crippen MR) is 103 cm³/mol. The molecule has 3 heteroatoms. The van der Waals surface area contributed by atoms with E-state index in [2.05, 4.69) is 86.7 Å². The Hall–Kier alpha value is -1.14. The van der Waals surface area contributed by atoms with Gasteiger partial charge < -0.3 is 24.8 Å². The fraction of sp³-hybridized carbons (Fsp3) is 0.167. The third kappa shape index (κ3) is 4.65. The van der Waals surface area contributed by atoms with Gasteiger partial charge in [0.05, 0.1) is 0 Å². The first-order valence-electron chi connectivity index (χ1n) is 8.92. The quantitative estimate of drug-likeness (QED) is 0.612. The standard InChI is InChI=1S/2C12H11.2ClH.Zr/c2*1-10-7-8-12(9-10)11-5-3-2-4-6-11;;;/h2*2-6,8H,7H2,1H3;2*1H;/q;;;;+2/p-2. The molecule has 0 saturated heterocycles. The maximum Gasteiger partial charge on any atom is -1.00 e. The molecule has 2 aromatic carbocycles. The van der Waals surface area contributed by atoms with E-state index in [-0.39, 0.29) is 24.8 Å². The second kappa shape index (κ2) is 9.88. The average Bonchev–Trinajstić information content (AvgIpc) is 3.21. The van der Waals surface area contributed by atoms with Crippen LogP contribution in [0.15, 0.2) is 90.5 Å². The number of benzene rings is 2. The Morgan fingerprint density at radius 3 is 1.33 bits per heavy atom. The zero-order valence-corrected chi connectivity index (χ0v) is 19.6. The third-order valence-electron chi connectivity index (χ3n) is 5.04. The minimum Gasteiger partial charge on any atom is -1.00 e. The largest absolute Gasteiger partial charge is 1.00 e. The molecule has 4 rings (SSSR count). The van der Waals surface area contributed by atoms with E-state index in [0.29, 0.717) is 0 Å². The molecule has 0 spiro atoms. The maximum atomic E-state index is 2.44. The van der Waals surface area contributed by atoms with Gasteiger partial charge in [-0.05, 0) is 0 Å². The molecule has 0 amide bonds. The van der Waals surface area contributed by atoms with Crippen LogP contribution >= 0.6 is 0 Å². The molecule has 0 nitrogen and oxygen atoms in total. The van der Waals surface area contributed by atoms with Crippen molar-refractivity contribution in [2.75, 3.05) is 0 Å². The Kier molecular flexibility index (Phi) is 8.10. The smallest absolute Gasteiger partial charge is 1.00 e. The van der Waals surface area contributed by atoms with Gasteiger partial charge in [-0.25, -0.2) is 0 Å². The molecule has 136 valence electrons. The fourth-order valence-corrected chi connectivity index (χ4v) is 7.65. The Morgan fingerprint density at radius 1 is 0.593 bits per heavy atom. The van der Waals surface area contributed by atoms with Crippen molar-refractivity contribution in [1.29, 1.82) is 0 Å². The van der Waals surface area contributed by atoms with Crippen LogP contribution in [0.1, 0.15) is 37.8 Å². The normalized spacial score (nSPS) is 15.6. The molecule has 0 radical (unpaired) electrons. The van der Waals surface area contributed by atoms with Gasteiger partial charge >= 0.3 is 163 Å². The van der Waals surface area contributed by atoms with Gasteiger partial charge in [0.25, 0.3) is 0 Å². The Balaban J connectivity index is 0.00000131. The minimum atomic E-state index is -0.834. The Labute approximate surface area is 186 Å². The van der Waals surface area contributed by atoms with Crippen molar-refractivity contribution in [3.8, 4) is 0 Å². The second-order valence-corrected chi connectivity index (χ2v) is 9.88. The number of halogens is 2. The van der Waals surface area contributed by atoms with Gasteiger partial charge in [0.1, 0.15) is 0 Å². The number of hydrogen-bond donors (Lipinski definition) is 0. The van der Waals surface area contributed by atoms with Crippen molar-refractivity contribution in [2.24, 2.45) is 0 Å². The van der Waals surface area contributed by atoms with Gasteiger partial charge in [-0.3, -0.25) is 0 Å². The summed E-state index contributed by atoms with van der Waals surface area (Å²) in [4.78, 5) is 0. The molecule has 0 N–H and O–H groups in total. The van der Waals surface area contributed by atoms with Crippen LogP contribution in [0.25, 0.3) is 11.1 Å². The molecule has 0 unspecified atom stereocenters. The van der Waals surface area contributed by atoms with Crippen LogP contribution in [0.5, 0.6) is 0 Å². The summed E-state index contributed by atoms with van der Waals surface area (Å²) in [6.07, 6.45) is 7.13. The molecule has 0 bridgehead atoms. The van der Waals surface area contributed by atoms with Gasteiger partial charge in [-0.1, -0.05) is 0 Å². The minimum absolute atomic E-state index is 0. The molecule has 0 aromatic heterocycles. The molecule has 0 atom stereocenters. The SMILES string of the molecule is CC1=[C]([Zr+2][C]2=C(C)CC=C2c2ccccc2)C(c2ccccc2)=CC1.[Cl-].[Cl-]. The number of hydrogen-bond acceptors (Lipinski definition) is 0. The first-order chi connectivity index (χ1) is 12.2. The zero-order chi connectivity index (χ0) is 17.2. The van der Waals surface area contributed by atoms with Crippen molar-refractivity contribution < 1.29 is 48.0 Å². The predicted octanol–water partition coefficient (Wildman–Crippen LogP) is 0.600. The molecule has 27 heavy (non-hydrogen) atoms. The Bertz CT molecular complexity index is 842. The monoisotopic (exact) mass is 470 g/mol. The molecule has 0 fully saturated rings. The molecule has 0 aliphatic heterocycles. The summed E-state index contributed by atoms with van der Waals surface area (Å²) in [6, 6.07) is 21.9. The zero-order valence-electron chi connectivity index (χ0n) is 15.6. The van der Waals surface area contributed by atoms with E-state index in [1.165, 1.54) is 22.3 Å². The van der Waals surface area contributed by atoms with Gasteiger partial charge in [-0.15, -0.1) is 0 Å². The van der Waals surface area contributed by atoms with Crippen molar-refractivity contribution in [2.45, 2.75) is 26.7 Å². The fourth-order valence-electron chi connectivity index (χ4n) is 3.61. The average molecular weight is 473 g/mol. The van der Waals surface area contributed by atoms with Crippen molar-refractivity contribution >= 4 is 11.1 Å². The summed E-state index contributed by atoms with van der Waals surface area (Å²) in [5.74, 6) is 0. The van der Waals surface area contributed by atoms with Crippen LogP contribution in [-0.2, 0) is 23.2 Å². The van der Waals surface area contributed by atoms with E-state index in [9.17, 15) is 0 Å². The molecular formula is C24H22Cl2Zr. The summed E-state index contributed by atoms with van der Waals surface area (Å²) in [6.45, 7) is 4.67. The third-order valence-corrected chi connectivity index (χ3v) is 9.69. The second-order valence-electron chi connectivity index (χ2n) is 6.81. The van der Waals surface area contributed by atoms with Gasteiger partial charge in [0.2, 0.25) is 0 Å². The van der Waals surface area contributed by atoms with Crippen LogP contribution in [0.3, 0.4) is 0 Å². The van der Waals surface area contributed by atoms with Crippen LogP contribution in [-0.4, -0.2) is 0 Å². The molecule has 2 aliphatic rings. The van der Waals surface area contributed by atoms with Crippen molar-refractivity contribution in [1.82, 2.24) is 0 Å². The number of allylic oxidation sites excluding steroid dienone is 8. The summed E-state index contributed by atoms with van der Waals surface area (Å²) in [5, 5.41) is 0. The van der Waals surface area contributed by atoms with E-state index in [0.717, 1.165) is 12.8 Å². The van der Waals surface area contributed by atoms with Crippen LogP contribution < -0.4 is 24.8 Å². The van der Waals surface area contributed by atoms with Crippen LogP contribution in [0, 0.1) is 0 Å². The molecule has 0 saturated carbocycles. The van der Waals surface area contributed by atoms with Crippen molar-refractivity contribution in [3.63, 3.8) is 0 Å². The molecule has 2 aliphatic carbocycles. The molecular weight excluding hydrogens is 450 g/mol.